The van der Waals surface area contributed by atoms with Crippen LogP contribution in [-0.4, -0.2) is 48.3 Å². The monoisotopic (exact) mass is 486 g/mol. The fourth-order valence-corrected chi connectivity index (χ4v) is 4.68. The Morgan fingerprint density at radius 3 is 2.74 bits per heavy atom. The van der Waals surface area contributed by atoms with E-state index in [9.17, 15) is 9.59 Å². The van der Waals surface area contributed by atoms with Crippen LogP contribution in [-0.2, 0) is 20.8 Å². The van der Waals surface area contributed by atoms with Crippen LogP contribution in [0.4, 0.5) is 0 Å². The molecule has 0 saturated carbocycles. The molecule has 6 nitrogen and oxygen atoms in total. The summed E-state index contributed by atoms with van der Waals surface area (Å²) >= 11 is 6.67. The van der Waals surface area contributed by atoms with Crippen molar-refractivity contribution in [3.05, 3.63) is 57.6 Å². The summed E-state index contributed by atoms with van der Waals surface area (Å²) in [7, 11) is 0. The number of halogens is 1. The number of hydrogen-bond donors (Lipinski definition) is 0. The van der Waals surface area contributed by atoms with E-state index in [1.54, 1.807) is 0 Å². The Balaban J connectivity index is 1.86. The van der Waals surface area contributed by atoms with Crippen LogP contribution in [0.15, 0.2) is 35.5 Å². The van der Waals surface area contributed by atoms with Gasteiger partial charge in [0.15, 0.2) is 6.61 Å². The summed E-state index contributed by atoms with van der Waals surface area (Å²) in [6, 6.07) is 2.12. The molecule has 2 heterocycles. The number of carbonyl (C=O) groups is 2. The van der Waals surface area contributed by atoms with Gasteiger partial charge in [0.05, 0.1) is 17.9 Å². The van der Waals surface area contributed by atoms with Gasteiger partial charge < -0.3 is 14.5 Å². The zero-order valence-electron chi connectivity index (χ0n) is 20.4. The van der Waals surface area contributed by atoms with Gasteiger partial charge in [0.25, 0.3) is 5.91 Å². The third kappa shape index (κ3) is 6.95. The van der Waals surface area contributed by atoms with Crippen LogP contribution in [0.1, 0.15) is 72.5 Å². The molecule has 0 aromatic heterocycles. The van der Waals surface area contributed by atoms with Gasteiger partial charge in [0.2, 0.25) is 0 Å². The van der Waals surface area contributed by atoms with E-state index in [-0.39, 0.29) is 18.6 Å². The number of esters is 1. The second-order valence-corrected chi connectivity index (χ2v) is 9.40. The van der Waals surface area contributed by atoms with E-state index in [0.717, 1.165) is 49.8 Å². The lowest BCUT2D eigenvalue weighted by Gasteiger charge is -2.32. The van der Waals surface area contributed by atoms with Crippen LogP contribution in [0.5, 0.6) is 0 Å². The molecule has 1 aromatic carbocycles. The van der Waals surface area contributed by atoms with Gasteiger partial charge in [-0.25, -0.2) is 4.79 Å². The van der Waals surface area contributed by atoms with Gasteiger partial charge in [-0.3, -0.25) is 4.79 Å². The Bertz CT molecular complexity index is 983. The van der Waals surface area contributed by atoms with Crippen LogP contribution < -0.4 is 0 Å². The van der Waals surface area contributed by atoms with Crippen LogP contribution in [0.2, 0.25) is 5.02 Å². The maximum absolute atomic E-state index is 12.9. The molecule has 1 saturated heterocycles. The van der Waals surface area contributed by atoms with Gasteiger partial charge in [-0.15, -0.1) is 0 Å². The maximum Gasteiger partial charge on any atom is 0.338 e. The molecule has 0 spiro atoms. The average molecular weight is 487 g/mol. The van der Waals surface area contributed by atoms with E-state index in [0.29, 0.717) is 41.3 Å². The molecular weight excluding hydrogens is 452 g/mol. The molecule has 2 aliphatic rings. The zero-order chi connectivity index (χ0) is 24.5. The molecule has 184 valence electrons. The number of hydrogen-bond acceptors (Lipinski definition) is 5. The topological polar surface area (TPSA) is 68.2 Å². The highest BCUT2D eigenvalue weighted by atomic mass is 35.5. The standard InChI is InChI=1S/C27H35ClN2O4/c1-19-16-20(2)26(28)23-17-22(29-34-18-24(31)30-14-10-9-12-21(30)3)13-8-6-4-5-7-11-15-33-27(32)25(19)23/h5,7-8,13,16,21H,4,6,9-12,14-15,17-18H2,1-3H3/b7-5+,13-8+,29-22-. The summed E-state index contributed by atoms with van der Waals surface area (Å²) in [5.74, 6) is -0.446. The van der Waals surface area contributed by atoms with Crippen molar-refractivity contribution < 1.29 is 19.2 Å². The third-order valence-electron chi connectivity index (χ3n) is 6.29. The fourth-order valence-electron chi connectivity index (χ4n) is 4.46. The number of amides is 1. The number of nitrogens with zero attached hydrogens (tertiary/aromatic N) is 2. The quantitative estimate of drug-likeness (QED) is 0.311. The van der Waals surface area contributed by atoms with Gasteiger partial charge in [0, 0.05) is 24.0 Å². The molecule has 0 bridgehead atoms. The van der Waals surface area contributed by atoms with E-state index >= 15 is 0 Å². The molecule has 0 radical (unpaired) electrons. The minimum absolute atomic E-state index is 0.0553. The summed E-state index contributed by atoms with van der Waals surface area (Å²) in [4.78, 5) is 33.0. The van der Waals surface area contributed by atoms with Gasteiger partial charge >= 0.3 is 5.97 Å². The van der Waals surface area contributed by atoms with Crippen LogP contribution in [0, 0.1) is 13.8 Å². The Hall–Kier alpha value is -2.60. The summed E-state index contributed by atoms with van der Waals surface area (Å²) in [6.07, 6.45) is 13.9. The minimum atomic E-state index is -0.390. The molecule has 0 aliphatic carbocycles. The van der Waals surface area contributed by atoms with Crippen molar-refractivity contribution in [2.24, 2.45) is 5.16 Å². The molecule has 1 atom stereocenters. The third-order valence-corrected chi connectivity index (χ3v) is 6.82. The van der Waals surface area contributed by atoms with Crippen molar-refractivity contribution in [1.82, 2.24) is 4.90 Å². The Kier molecular flexibility index (Phi) is 9.75. The summed E-state index contributed by atoms with van der Waals surface area (Å²) < 4.78 is 5.53. The molecule has 1 unspecified atom stereocenters. The van der Waals surface area contributed by atoms with Crippen molar-refractivity contribution >= 4 is 29.2 Å². The van der Waals surface area contributed by atoms with Crippen molar-refractivity contribution in [2.75, 3.05) is 19.8 Å². The number of likely N-dealkylation sites (tertiary alicyclic amines) is 1. The SMILES string of the molecule is Cc1cc(C)c2c(c1Cl)CC(=N\OCC(=O)N1CCCCC1C)/C=C/CC/C=C/CCOC2=O. The number of aryl methyl sites for hydroxylation is 2. The van der Waals surface area contributed by atoms with Crippen molar-refractivity contribution in [3.63, 3.8) is 0 Å². The predicted octanol–water partition coefficient (Wildman–Crippen LogP) is 5.73. The molecular formula is C27H35ClN2O4. The molecule has 1 fully saturated rings. The highest BCUT2D eigenvalue weighted by Gasteiger charge is 2.24. The number of ether oxygens (including phenoxy) is 1. The molecule has 1 amide bonds. The fraction of sp³-hybridized carbons (Fsp3) is 0.519. The van der Waals surface area contributed by atoms with Crippen LogP contribution in [0.3, 0.4) is 0 Å². The normalized spacial score (nSPS) is 22.9. The van der Waals surface area contributed by atoms with Gasteiger partial charge in [-0.05, 0) is 82.1 Å². The summed E-state index contributed by atoms with van der Waals surface area (Å²) in [5.41, 5.74) is 3.42. The first-order valence-electron chi connectivity index (χ1n) is 12.1. The first-order valence-corrected chi connectivity index (χ1v) is 12.5. The summed E-state index contributed by atoms with van der Waals surface area (Å²) in [6.45, 7) is 6.83. The van der Waals surface area contributed by atoms with Crippen LogP contribution in [0.25, 0.3) is 0 Å². The van der Waals surface area contributed by atoms with Crippen molar-refractivity contribution in [3.8, 4) is 0 Å². The minimum Gasteiger partial charge on any atom is -0.462 e. The van der Waals surface area contributed by atoms with Crippen molar-refractivity contribution in [2.45, 2.75) is 71.8 Å². The first kappa shape index (κ1) is 26.0. The second-order valence-electron chi connectivity index (χ2n) is 9.02. The lowest BCUT2D eigenvalue weighted by Crippen LogP contribution is -2.43. The largest absolute Gasteiger partial charge is 0.462 e. The van der Waals surface area contributed by atoms with E-state index in [1.807, 2.05) is 43.0 Å². The number of oxime groups is 1. The highest BCUT2D eigenvalue weighted by Crippen LogP contribution is 2.29. The second kappa shape index (κ2) is 12.7. The molecule has 3 rings (SSSR count). The lowest BCUT2D eigenvalue weighted by molar-refractivity contribution is -0.139. The number of fused-ring (bicyclic) bond motifs is 1. The number of rotatable bonds is 3. The van der Waals surface area contributed by atoms with Gasteiger partial charge in [0.1, 0.15) is 0 Å². The number of benzene rings is 1. The number of cyclic esters (lactones) is 1. The average Bonchev–Trinajstić information content (AvgIpc) is 2.80. The van der Waals surface area contributed by atoms with Crippen LogP contribution >= 0.6 is 11.6 Å². The first-order chi connectivity index (χ1) is 16.4. The molecule has 0 N–H and O–H groups in total. The van der Waals surface area contributed by atoms with E-state index < -0.39 is 5.97 Å². The zero-order valence-corrected chi connectivity index (χ0v) is 21.2. The van der Waals surface area contributed by atoms with E-state index in [2.05, 4.69) is 18.2 Å². The Morgan fingerprint density at radius 1 is 1.18 bits per heavy atom. The summed E-state index contributed by atoms with van der Waals surface area (Å²) in [5, 5.41) is 4.81. The van der Waals surface area contributed by atoms with Crippen molar-refractivity contribution in [1.29, 1.82) is 0 Å². The van der Waals surface area contributed by atoms with E-state index in [1.165, 1.54) is 0 Å². The molecule has 2 aliphatic heterocycles. The van der Waals surface area contributed by atoms with E-state index in [4.69, 9.17) is 21.2 Å². The lowest BCUT2D eigenvalue weighted by atomic mass is 9.94. The number of carbonyl (C=O) groups excluding carboxylic acids is 2. The van der Waals surface area contributed by atoms with Gasteiger partial charge in [-0.2, -0.15) is 0 Å². The molecule has 7 heteroatoms. The highest BCUT2D eigenvalue weighted by molar-refractivity contribution is 6.33. The smallest absolute Gasteiger partial charge is 0.338 e. The van der Waals surface area contributed by atoms with Gasteiger partial charge in [-0.1, -0.05) is 41.1 Å². The predicted molar refractivity (Wildman–Crippen MR) is 135 cm³/mol. The molecule has 1 aromatic rings. The Morgan fingerprint density at radius 2 is 1.94 bits per heavy atom. The molecule has 34 heavy (non-hydrogen) atoms. The number of allylic oxidation sites excluding steroid dienone is 3. The Labute approximate surface area is 207 Å². The number of piperidine rings is 1. The maximum atomic E-state index is 12.9.